The van der Waals surface area contributed by atoms with Crippen LogP contribution in [0, 0.1) is 6.92 Å². The van der Waals surface area contributed by atoms with Crippen LogP contribution in [-0.4, -0.2) is 22.0 Å². The first-order valence-electron chi connectivity index (χ1n) is 9.66. The lowest BCUT2D eigenvalue weighted by Crippen LogP contribution is -2.17. The number of amides is 1. The molecular formula is C23H26N4O2. The second-order valence-corrected chi connectivity index (χ2v) is 7.14. The molecule has 1 heterocycles. The summed E-state index contributed by atoms with van der Waals surface area (Å²) in [4.78, 5) is 21.5. The number of anilines is 2. The fraction of sp³-hybridized carbons (Fsp3) is 0.261. The molecule has 0 saturated carbocycles. The van der Waals surface area contributed by atoms with Crippen LogP contribution in [0.3, 0.4) is 0 Å². The van der Waals surface area contributed by atoms with E-state index in [-0.39, 0.29) is 18.1 Å². The number of rotatable bonds is 7. The summed E-state index contributed by atoms with van der Waals surface area (Å²) in [5, 5.41) is 6.13. The fourth-order valence-corrected chi connectivity index (χ4v) is 2.85. The lowest BCUT2D eigenvalue weighted by Gasteiger charge is -2.15. The highest BCUT2D eigenvalue weighted by molar-refractivity contribution is 6.03. The van der Waals surface area contributed by atoms with E-state index in [0.29, 0.717) is 23.0 Å². The van der Waals surface area contributed by atoms with E-state index in [1.807, 2.05) is 70.2 Å². The summed E-state index contributed by atoms with van der Waals surface area (Å²) in [5.41, 5.74) is 2.82. The third kappa shape index (κ3) is 5.78. The zero-order valence-electron chi connectivity index (χ0n) is 17.1. The maximum absolute atomic E-state index is 12.7. The molecule has 0 aliphatic rings. The predicted molar refractivity (Wildman–Crippen MR) is 115 cm³/mol. The summed E-state index contributed by atoms with van der Waals surface area (Å²) in [5.74, 6) is 0.896. The maximum atomic E-state index is 12.7. The molecule has 6 nitrogen and oxygen atoms in total. The van der Waals surface area contributed by atoms with Gasteiger partial charge >= 0.3 is 0 Å². The smallest absolute Gasteiger partial charge is 0.274 e. The van der Waals surface area contributed by atoms with Crippen molar-refractivity contribution in [2.24, 2.45) is 0 Å². The third-order valence-corrected chi connectivity index (χ3v) is 4.22. The Bertz CT molecular complexity index is 956. The number of ether oxygens (including phenoxy) is 1. The fourth-order valence-electron chi connectivity index (χ4n) is 2.85. The molecule has 3 rings (SSSR count). The Morgan fingerprint density at radius 2 is 1.66 bits per heavy atom. The Hall–Kier alpha value is -3.41. The average Bonchev–Trinajstić information content (AvgIpc) is 2.69. The van der Waals surface area contributed by atoms with E-state index in [1.54, 1.807) is 18.2 Å². The van der Waals surface area contributed by atoms with Crippen LogP contribution in [0.1, 0.15) is 48.6 Å². The number of carbonyl (C=O) groups excluding carboxylic acids is 1. The quantitative estimate of drug-likeness (QED) is 0.594. The molecule has 2 N–H and O–H groups in total. The van der Waals surface area contributed by atoms with E-state index in [2.05, 4.69) is 20.6 Å². The molecule has 2 aromatic carbocycles. The van der Waals surface area contributed by atoms with E-state index in [1.165, 1.54) is 0 Å². The molecule has 0 radical (unpaired) electrons. The molecule has 29 heavy (non-hydrogen) atoms. The molecule has 0 bridgehead atoms. The van der Waals surface area contributed by atoms with Gasteiger partial charge in [-0.1, -0.05) is 30.3 Å². The maximum Gasteiger partial charge on any atom is 0.274 e. The van der Waals surface area contributed by atoms with Gasteiger partial charge in [0.2, 0.25) is 5.95 Å². The first kappa shape index (κ1) is 20.3. The molecule has 1 atom stereocenters. The molecule has 0 saturated heterocycles. The summed E-state index contributed by atoms with van der Waals surface area (Å²) in [7, 11) is 0. The molecule has 0 fully saturated rings. The normalized spacial score (nSPS) is 11.8. The average molecular weight is 390 g/mol. The van der Waals surface area contributed by atoms with E-state index in [4.69, 9.17) is 4.74 Å². The summed E-state index contributed by atoms with van der Waals surface area (Å²) in [6, 6.07) is 19.0. The third-order valence-electron chi connectivity index (χ3n) is 4.22. The van der Waals surface area contributed by atoms with Crippen LogP contribution in [0.25, 0.3) is 0 Å². The van der Waals surface area contributed by atoms with Gasteiger partial charge in [-0.15, -0.1) is 0 Å². The predicted octanol–water partition coefficient (Wildman–Crippen LogP) is 5.00. The number of aryl methyl sites for hydroxylation is 1. The van der Waals surface area contributed by atoms with Crippen molar-refractivity contribution in [3.8, 4) is 5.75 Å². The van der Waals surface area contributed by atoms with Gasteiger partial charge in [-0.05, 0) is 63.6 Å². The Kier molecular flexibility index (Phi) is 6.44. The Morgan fingerprint density at radius 1 is 0.966 bits per heavy atom. The second-order valence-electron chi connectivity index (χ2n) is 7.14. The van der Waals surface area contributed by atoms with Crippen LogP contribution in [0.2, 0.25) is 0 Å². The zero-order chi connectivity index (χ0) is 20.8. The SMILES string of the molecule is Cc1cc(C(=O)Nc2ccc(OC(C)C)cc2)nc(NC(C)c2ccccc2)n1. The zero-order valence-corrected chi connectivity index (χ0v) is 17.1. The van der Waals surface area contributed by atoms with Crippen molar-refractivity contribution in [1.29, 1.82) is 0 Å². The molecule has 150 valence electrons. The van der Waals surface area contributed by atoms with Crippen molar-refractivity contribution in [3.05, 3.63) is 77.6 Å². The van der Waals surface area contributed by atoms with Gasteiger partial charge in [-0.2, -0.15) is 0 Å². The van der Waals surface area contributed by atoms with E-state index >= 15 is 0 Å². The van der Waals surface area contributed by atoms with Crippen LogP contribution < -0.4 is 15.4 Å². The van der Waals surface area contributed by atoms with Gasteiger partial charge in [-0.25, -0.2) is 9.97 Å². The number of hydrogen-bond acceptors (Lipinski definition) is 5. The van der Waals surface area contributed by atoms with Crippen molar-refractivity contribution in [2.75, 3.05) is 10.6 Å². The van der Waals surface area contributed by atoms with Crippen LogP contribution in [0.4, 0.5) is 11.6 Å². The van der Waals surface area contributed by atoms with Crippen LogP contribution in [-0.2, 0) is 0 Å². The minimum Gasteiger partial charge on any atom is -0.491 e. The van der Waals surface area contributed by atoms with Gasteiger partial charge in [0.05, 0.1) is 12.1 Å². The number of hydrogen-bond donors (Lipinski definition) is 2. The van der Waals surface area contributed by atoms with Gasteiger partial charge in [0.25, 0.3) is 5.91 Å². The van der Waals surface area contributed by atoms with Gasteiger partial charge in [0.1, 0.15) is 11.4 Å². The van der Waals surface area contributed by atoms with Gasteiger partial charge < -0.3 is 15.4 Å². The van der Waals surface area contributed by atoms with Gasteiger partial charge in [0.15, 0.2) is 0 Å². The second kappa shape index (κ2) is 9.19. The van der Waals surface area contributed by atoms with E-state index in [0.717, 1.165) is 11.3 Å². The largest absolute Gasteiger partial charge is 0.491 e. The molecule has 3 aromatic rings. The minimum atomic E-state index is -0.288. The summed E-state index contributed by atoms with van der Waals surface area (Å²) in [6.07, 6.45) is 0.101. The molecular weight excluding hydrogens is 364 g/mol. The number of aromatic nitrogens is 2. The highest BCUT2D eigenvalue weighted by Crippen LogP contribution is 2.19. The number of carbonyl (C=O) groups is 1. The van der Waals surface area contributed by atoms with E-state index in [9.17, 15) is 4.79 Å². The van der Waals surface area contributed by atoms with Crippen molar-refractivity contribution in [3.63, 3.8) is 0 Å². The van der Waals surface area contributed by atoms with Gasteiger partial charge in [0, 0.05) is 11.4 Å². The Labute approximate surface area is 171 Å². The highest BCUT2D eigenvalue weighted by Gasteiger charge is 2.13. The molecule has 1 amide bonds. The molecule has 1 aromatic heterocycles. The summed E-state index contributed by atoms with van der Waals surface area (Å²) >= 11 is 0. The van der Waals surface area contributed by atoms with Gasteiger partial charge in [-0.3, -0.25) is 4.79 Å². The Morgan fingerprint density at radius 3 is 2.31 bits per heavy atom. The topological polar surface area (TPSA) is 76.1 Å². The monoisotopic (exact) mass is 390 g/mol. The number of benzene rings is 2. The van der Waals surface area contributed by atoms with Crippen LogP contribution >= 0.6 is 0 Å². The summed E-state index contributed by atoms with van der Waals surface area (Å²) in [6.45, 7) is 7.81. The van der Waals surface area contributed by atoms with Crippen LogP contribution in [0.15, 0.2) is 60.7 Å². The first-order valence-corrected chi connectivity index (χ1v) is 9.66. The summed E-state index contributed by atoms with van der Waals surface area (Å²) < 4.78 is 5.62. The number of nitrogens with one attached hydrogen (secondary N) is 2. The van der Waals surface area contributed by atoms with Crippen molar-refractivity contribution >= 4 is 17.5 Å². The highest BCUT2D eigenvalue weighted by atomic mass is 16.5. The molecule has 1 unspecified atom stereocenters. The lowest BCUT2D eigenvalue weighted by atomic mass is 10.1. The lowest BCUT2D eigenvalue weighted by molar-refractivity contribution is 0.102. The van der Waals surface area contributed by atoms with Crippen molar-refractivity contribution < 1.29 is 9.53 Å². The molecule has 0 spiro atoms. The van der Waals surface area contributed by atoms with Crippen molar-refractivity contribution in [2.45, 2.75) is 39.8 Å². The molecule has 0 aliphatic heterocycles. The standard InChI is InChI=1S/C23H26N4O2/c1-15(2)29-20-12-10-19(11-13-20)26-22(28)21-14-16(3)24-23(27-21)25-17(4)18-8-6-5-7-9-18/h5-15,17H,1-4H3,(H,26,28)(H,24,25,27). The van der Waals surface area contributed by atoms with Crippen LogP contribution in [0.5, 0.6) is 5.75 Å². The number of nitrogens with zero attached hydrogens (tertiary/aromatic N) is 2. The first-order chi connectivity index (χ1) is 13.9. The molecule has 6 heteroatoms. The minimum absolute atomic E-state index is 0.0161. The van der Waals surface area contributed by atoms with Crippen molar-refractivity contribution in [1.82, 2.24) is 9.97 Å². The van der Waals surface area contributed by atoms with E-state index < -0.39 is 0 Å². The molecule has 0 aliphatic carbocycles. The Balaban J connectivity index is 1.70.